The first-order chi connectivity index (χ1) is 4.09. The van der Waals surface area contributed by atoms with Gasteiger partial charge in [0.2, 0.25) is 0 Å². The zero-order chi connectivity index (χ0) is 7.44. The van der Waals surface area contributed by atoms with Gasteiger partial charge in [0.1, 0.15) is 6.07 Å². The molecule has 0 fully saturated rings. The third kappa shape index (κ3) is 15.5. The van der Waals surface area contributed by atoms with E-state index in [2.05, 4.69) is 25.3 Å². The van der Waals surface area contributed by atoms with Crippen LogP contribution in [0.2, 0.25) is 0 Å². The van der Waals surface area contributed by atoms with Crippen LogP contribution in [0.15, 0.2) is 9.81 Å². The normalized spacial score (nSPS) is 4.79. The molecule has 0 aromatic carbocycles. The molecule has 0 aliphatic heterocycles. The molecule has 0 unspecified atom stereocenters. The SMILES string of the molecule is N#CC(C(N)=O)=C([S-])[S-].O.O.O.[Na+].[Na+]. The molecule has 0 radical (unpaired) electrons. The summed E-state index contributed by atoms with van der Waals surface area (Å²) in [7, 11) is 0. The van der Waals surface area contributed by atoms with Crippen molar-refractivity contribution in [2.75, 3.05) is 0 Å². The van der Waals surface area contributed by atoms with Crippen LogP contribution in [0.1, 0.15) is 0 Å². The number of amides is 1. The molecular formula is C4H8N2Na2O4S2. The first-order valence-electron chi connectivity index (χ1n) is 1.87. The number of carbonyl (C=O) groups excluding carboxylic acids is 1. The number of carbonyl (C=O) groups is 1. The summed E-state index contributed by atoms with van der Waals surface area (Å²) in [5, 5.41) is 8.12. The molecule has 0 bridgehead atoms. The van der Waals surface area contributed by atoms with E-state index >= 15 is 0 Å². The molecule has 0 spiro atoms. The van der Waals surface area contributed by atoms with Crippen molar-refractivity contribution in [2.24, 2.45) is 5.73 Å². The van der Waals surface area contributed by atoms with Crippen LogP contribution >= 0.6 is 0 Å². The van der Waals surface area contributed by atoms with Gasteiger partial charge in [-0.1, -0.05) is 0 Å². The standard InChI is InChI=1S/C4H4N2OS2.2Na.3H2O/c5-1-2(3(6)7)4(8)9;;;;;/h8-9H,(H2,6,7);;;3*1H2/q;2*+1;;;/p-2. The van der Waals surface area contributed by atoms with E-state index < -0.39 is 5.91 Å². The van der Waals surface area contributed by atoms with Crippen LogP contribution in [0, 0.1) is 11.3 Å². The molecule has 0 atom stereocenters. The molecule has 0 aromatic rings. The summed E-state index contributed by atoms with van der Waals surface area (Å²) in [5.41, 5.74) is 4.38. The molecule has 72 valence electrons. The van der Waals surface area contributed by atoms with Crippen LogP contribution in [0.3, 0.4) is 0 Å². The molecule has 0 rings (SSSR count). The molecule has 0 aliphatic rings. The van der Waals surface area contributed by atoms with Crippen molar-refractivity contribution in [2.45, 2.75) is 0 Å². The molecule has 0 saturated heterocycles. The van der Waals surface area contributed by atoms with Crippen molar-refractivity contribution < 1.29 is 80.3 Å². The third-order valence-electron chi connectivity index (χ3n) is 0.562. The second-order valence-corrected chi connectivity index (χ2v) is 2.21. The van der Waals surface area contributed by atoms with E-state index in [1.165, 1.54) is 6.07 Å². The first kappa shape index (κ1) is 36.3. The van der Waals surface area contributed by atoms with Crippen molar-refractivity contribution in [3.8, 4) is 6.07 Å². The van der Waals surface area contributed by atoms with Gasteiger partial charge in [0.05, 0.1) is 5.57 Å². The Morgan fingerprint density at radius 3 is 1.43 bits per heavy atom. The molecule has 10 heteroatoms. The van der Waals surface area contributed by atoms with Gasteiger partial charge in [-0.3, -0.25) is 4.79 Å². The predicted molar refractivity (Wildman–Crippen MR) is 47.4 cm³/mol. The third-order valence-corrected chi connectivity index (χ3v) is 0.971. The summed E-state index contributed by atoms with van der Waals surface area (Å²) in [5.74, 6) is -0.863. The van der Waals surface area contributed by atoms with E-state index in [4.69, 9.17) is 11.0 Å². The maximum Gasteiger partial charge on any atom is 1.00 e. The average Bonchev–Trinajstić information content (AvgIpc) is 1.64. The fourth-order valence-corrected chi connectivity index (χ4v) is 0.494. The molecule has 1 amide bonds. The van der Waals surface area contributed by atoms with Gasteiger partial charge >= 0.3 is 59.1 Å². The topological polar surface area (TPSA) is 161 Å². The second kappa shape index (κ2) is 19.6. The monoisotopic (exact) mass is 258 g/mol. The minimum Gasteiger partial charge on any atom is -0.806 e. The quantitative estimate of drug-likeness (QED) is 0.214. The van der Waals surface area contributed by atoms with E-state index in [-0.39, 0.29) is 85.4 Å². The fourth-order valence-electron chi connectivity index (χ4n) is 0.201. The van der Waals surface area contributed by atoms with Crippen LogP contribution in [0.5, 0.6) is 0 Å². The Morgan fingerprint density at radius 2 is 1.43 bits per heavy atom. The molecule has 8 N–H and O–H groups in total. The van der Waals surface area contributed by atoms with E-state index in [9.17, 15) is 4.79 Å². The van der Waals surface area contributed by atoms with Crippen LogP contribution < -0.4 is 64.8 Å². The maximum atomic E-state index is 10.2. The van der Waals surface area contributed by atoms with Gasteiger partial charge in [0.25, 0.3) is 5.91 Å². The molecule has 0 saturated carbocycles. The second-order valence-electron chi connectivity index (χ2n) is 1.14. The Hall–Kier alpha value is 1.02. The van der Waals surface area contributed by atoms with E-state index in [1.54, 1.807) is 0 Å². The summed E-state index contributed by atoms with van der Waals surface area (Å²) in [6, 6.07) is 1.50. The Labute approximate surface area is 137 Å². The Balaban J connectivity index is -0.0000000320. The number of hydrogen-bond donors (Lipinski definition) is 1. The number of primary amides is 1. The summed E-state index contributed by atoms with van der Waals surface area (Å²) in [4.78, 5) is 10.2. The number of nitrogens with two attached hydrogens (primary N) is 1. The van der Waals surface area contributed by atoms with Crippen LogP contribution in [0.25, 0.3) is 0 Å². The van der Waals surface area contributed by atoms with Crippen molar-refractivity contribution in [3.63, 3.8) is 0 Å². The van der Waals surface area contributed by atoms with E-state index in [1.807, 2.05) is 0 Å². The number of nitriles is 1. The van der Waals surface area contributed by atoms with Crippen LogP contribution in [0.4, 0.5) is 0 Å². The van der Waals surface area contributed by atoms with E-state index in [0.717, 1.165) is 0 Å². The van der Waals surface area contributed by atoms with Crippen molar-refractivity contribution in [3.05, 3.63) is 9.81 Å². The molecule has 0 aromatic heterocycles. The number of nitrogens with zero attached hydrogens (tertiary/aromatic N) is 1. The number of hydrogen-bond acceptors (Lipinski definition) is 4. The zero-order valence-corrected chi connectivity index (χ0v) is 13.4. The van der Waals surface area contributed by atoms with Gasteiger partial charge in [0, 0.05) is 0 Å². The smallest absolute Gasteiger partial charge is 0.806 e. The summed E-state index contributed by atoms with van der Waals surface area (Å²) in [6.07, 6.45) is 0. The molecule has 6 nitrogen and oxygen atoms in total. The zero-order valence-electron chi connectivity index (χ0n) is 7.75. The summed E-state index contributed by atoms with van der Waals surface area (Å²) in [6.45, 7) is 0. The minimum atomic E-state index is -0.863. The molecule has 0 heterocycles. The van der Waals surface area contributed by atoms with Crippen molar-refractivity contribution in [1.29, 1.82) is 5.26 Å². The Kier molecular flexibility index (Phi) is 50.7. The van der Waals surface area contributed by atoms with Gasteiger partial charge in [-0.15, -0.1) is 0 Å². The van der Waals surface area contributed by atoms with Gasteiger partial charge < -0.3 is 51.7 Å². The molecular weight excluding hydrogens is 250 g/mol. The first-order valence-corrected chi connectivity index (χ1v) is 2.69. The van der Waals surface area contributed by atoms with Crippen molar-refractivity contribution >= 4 is 31.2 Å². The number of rotatable bonds is 1. The predicted octanol–water partition coefficient (Wildman–Crippen LogP) is -9.17. The van der Waals surface area contributed by atoms with Crippen LogP contribution in [-0.2, 0) is 30.1 Å². The minimum absolute atomic E-state index is 0. The average molecular weight is 258 g/mol. The van der Waals surface area contributed by atoms with Gasteiger partial charge in [-0.25, -0.2) is 0 Å². The van der Waals surface area contributed by atoms with Crippen LogP contribution in [-0.4, -0.2) is 22.3 Å². The fraction of sp³-hybridized carbons (Fsp3) is 0. The summed E-state index contributed by atoms with van der Waals surface area (Å²) < 4.78 is -0.176. The largest absolute Gasteiger partial charge is 1.00 e. The summed E-state index contributed by atoms with van der Waals surface area (Å²) >= 11 is 8.69. The Bertz CT molecular complexity index is 214. The van der Waals surface area contributed by atoms with Gasteiger partial charge in [0.15, 0.2) is 0 Å². The molecule has 0 aliphatic carbocycles. The van der Waals surface area contributed by atoms with Gasteiger partial charge in [-0.05, 0) is 0 Å². The molecule has 14 heavy (non-hydrogen) atoms. The van der Waals surface area contributed by atoms with Gasteiger partial charge in [-0.2, -0.15) is 5.26 Å². The van der Waals surface area contributed by atoms with Crippen molar-refractivity contribution in [1.82, 2.24) is 0 Å². The van der Waals surface area contributed by atoms with E-state index in [0.29, 0.717) is 0 Å². The Morgan fingerprint density at radius 1 is 1.14 bits per heavy atom. The maximum absolute atomic E-state index is 10.2.